The Kier molecular flexibility index (Phi) is 6.12. The molecule has 0 bridgehead atoms. The zero-order valence-electron chi connectivity index (χ0n) is 12.9. The van der Waals surface area contributed by atoms with Crippen molar-refractivity contribution in [1.82, 2.24) is 4.90 Å². The number of aliphatic hydroxyl groups is 1. The van der Waals surface area contributed by atoms with Gasteiger partial charge in [0.2, 0.25) is 5.91 Å². The second-order valence-corrected chi connectivity index (χ2v) is 6.90. The molecule has 3 unspecified atom stereocenters. The zero-order valence-corrected chi connectivity index (χ0v) is 13.7. The Balaban J connectivity index is 1.79. The lowest BCUT2D eigenvalue weighted by Crippen LogP contribution is -2.48. The summed E-state index contributed by atoms with van der Waals surface area (Å²) in [6, 6.07) is 10.3. The molecule has 3 atom stereocenters. The molecule has 1 amide bonds. The highest BCUT2D eigenvalue weighted by atomic mass is 32.2. The smallest absolute Gasteiger partial charge is 0.233 e. The molecule has 21 heavy (non-hydrogen) atoms. The number of amides is 1. The molecule has 1 fully saturated rings. The van der Waals surface area contributed by atoms with Crippen molar-refractivity contribution >= 4 is 17.7 Å². The van der Waals surface area contributed by atoms with E-state index >= 15 is 0 Å². The molecule has 1 aliphatic heterocycles. The number of hydrogen-bond acceptors (Lipinski definition) is 3. The zero-order chi connectivity index (χ0) is 15.2. The lowest BCUT2D eigenvalue weighted by atomic mass is 9.98. The van der Waals surface area contributed by atoms with Gasteiger partial charge in [0.05, 0.1) is 11.9 Å². The molecule has 1 saturated heterocycles. The topological polar surface area (TPSA) is 40.5 Å². The molecule has 1 aromatic rings. The van der Waals surface area contributed by atoms with Crippen LogP contribution in [-0.4, -0.2) is 39.5 Å². The van der Waals surface area contributed by atoms with Crippen LogP contribution in [0.2, 0.25) is 0 Å². The van der Waals surface area contributed by atoms with Gasteiger partial charge in [-0.3, -0.25) is 4.79 Å². The lowest BCUT2D eigenvalue weighted by Gasteiger charge is -2.39. The van der Waals surface area contributed by atoms with Crippen LogP contribution in [0.5, 0.6) is 0 Å². The minimum atomic E-state index is -0.500. The van der Waals surface area contributed by atoms with Crippen LogP contribution in [0.4, 0.5) is 0 Å². The number of carbonyl (C=O) groups excluding carboxylic acids is 1. The van der Waals surface area contributed by atoms with Gasteiger partial charge in [0.25, 0.3) is 0 Å². The van der Waals surface area contributed by atoms with E-state index in [4.69, 9.17) is 0 Å². The quantitative estimate of drug-likeness (QED) is 0.908. The first-order chi connectivity index (χ1) is 10.1. The maximum absolute atomic E-state index is 12.4. The van der Waals surface area contributed by atoms with Crippen LogP contribution in [0.25, 0.3) is 0 Å². The molecule has 1 N–H and O–H groups in total. The van der Waals surface area contributed by atoms with Crippen LogP contribution in [0, 0.1) is 0 Å². The SMILES string of the molecule is CC1CCCC(C)N1C(=O)CSCC(O)c1ccccc1. The largest absolute Gasteiger partial charge is 0.388 e. The third kappa shape index (κ3) is 4.48. The summed E-state index contributed by atoms with van der Waals surface area (Å²) in [4.78, 5) is 14.4. The van der Waals surface area contributed by atoms with E-state index in [-0.39, 0.29) is 5.91 Å². The van der Waals surface area contributed by atoms with E-state index in [1.54, 1.807) is 0 Å². The summed E-state index contributed by atoms with van der Waals surface area (Å²) >= 11 is 1.52. The van der Waals surface area contributed by atoms with Crippen LogP contribution < -0.4 is 0 Å². The first-order valence-corrected chi connectivity index (χ1v) is 8.87. The highest BCUT2D eigenvalue weighted by Crippen LogP contribution is 2.24. The molecule has 1 aromatic carbocycles. The number of carbonyl (C=O) groups is 1. The van der Waals surface area contributed by atoms with Crippen LogP contribution in [-0.2, 0) is 4.79 Å². The number of hydrogen-bond donors (Lipinski definition) is 1. The number of rotatable bonds is 5. The van der Waals surface area contributed by atoms with E-state index in [1.165, 1.54) is 18.2 Å². The molecule has 116 valence electrons. The van der Waals surface area contributed by atoms with Gasteiger partial charge in [-0.25, -0.2) is 0 Å². The van der Waals surface area contributed by atoms with E-state index in [1.807, 2.05) is 35.2 Å². The summed E-state index contributed by atoms with van der Waals surface area (Å²) in [5.74, 6) is 1.23. The van der Waals surface area contributed by atoms with E-state index in [0.717, 1.165) is 18.4 Å². The number of nitrogens with zero attached hydrogens (tertiary/aromatic N) is 1. The highest BCUT2D eigenvalue weighted by molar-refractivity contribution is 7.99. The van der Waals surface area contributed by atoms with Crippen LogP contribution in [0.3, 0.4) is 0 Å². The average molecular weight is 307 g/mol. The first kappa shape index (κ1) is 16.4. The summed E-state index contributed by atoms with van der Waals surface area (Å²) in [7, 11) is 0. The second kappa shape index (κ2) is 7.85. The summed E-state index contributed by atoms with van der Waals surface area (Å²) in [6.45, 7) is 4.27. The fourth-order valence-electron chi connectivity index (χ4n) is 3.02. The summed E-state index contributed by atoms with van der Waals surface area (Å²) < 4.78 is 0. The predicted octanol–water partition coefficient (Wildman–Crippen LogP) is 3.24. The molecule has 2 rings (SSSR count). The van der Waals surface area contributed by atoms with Gasteiger partial charge in [-0.15, -0.1) is 11.8 Å². The van der Waals surface area contributed by atoms with Gasteiger partial charge in [0.1, 0.15) is 0 Å². The molecule has 1 aliphatic rings. The summed E-state index contributed by atoms with van der Waals surface area (Å²) in [5.41, 5.74) is 0.914. The summed E-state index contributed by atoms with van der Waals surface area (Å²) in [6.07, 6.45) is 2.92. The van der Waals surface area contributed by atoms with Gasteiger partial charge < -0.3 is 10.0 Å². The molecule has 0 saturated carbocycles. The maximum Gasteiger partial charge on any atom is 0.233 e. The van der Waals surface area contributed by atoms with Crippen molar-refractivity contribution in [2.45, 2.75) is 51.3 Å². The van der Waals surface area contributed by atoms with Gasteiger partial charge >= 0.3 is 0 Å². The standard InChI is InChI=1S/C17H25NO2S/c1-13-7-6-8-14(2)18(13)17(20)12-21-11-16(19)15-9-4-3-5-10-15/h3-5,9-10,13-14,16,19H,6-8,11-12H2,1-2H3. The maximum atomic E-state index is 12.4. The van der Waals surface area contributed by atoms with Gasteiger partial charge in [-0.1, -0.05) is 30.3 Å². The first-order valence-electron chi connectivity index (χ1n) is 7.71. The van der Waals surface area contributed by atoms with Crippen molar-refractivity contribution in [2.24, 2.45) is 0 Å². The Labute approximate surface area is 131 Å². The number of piperidine rings is 1. The normalized spacial score (nSPS) is 23.9. The molecule has 4 heteroatoms. The van der Waals surface area contributed by atoms with Gasteiger partial charge in [-0.2, -0.15) is 0 Å². The van der Waals surface area contributed by atoms with E-state index in [2.05, 4.69) is 13.8 Å². The number of aliphatic hydroxyl groups excluding tert-OH is 1. The Bertz CT molecular complexity index is 441. The van der Waals surface area contributed by atoms with Crippen molar-refractivity contribution < 1.29 is 9.90 Å². The Morgan fingerprint density at radius 3 is 2.52 bits per heavy atom. The van der Waals surface area contributed by atoms with E-state index in [0.29, 0.717) is 23.6 Å². The van der Waals surface area contributed by atoms with Crippen LogP contribution in [0.1, 0.15) is 44.8 Å². The monoisotopic (exact) mass is 307 g/mol. The predicted molar refractivity (Wildman–Crippen MR) is 88.3 cm³/mol. The average Bonchev–Trinajstić information content (AvgIpc) is 2.48. The van der Waals surface area contributed by atoms with E-state index in [9.17, 15) is 9.90 Å². The van der Waals surface area contributed by atoms with Gasteiger partial charge in [0.15, 0.2) is 0 Å². The molecule has 0 aliphatic carbocycles. The third-order valence-electron chi connectivity index (χ3n) is 4.17. The Morgan fingerprint density at radius 2 is 1.90 bits per heavy atom. The Morgan fingerprint density at radius 1 is 1.29 bits per heavy atom. The number of likely N-dealkylation sites (tertiary alicyclic amines) is 1. The van der Waals surface area contributed by atoms with Crippen molar-refractivity contribution in [3.63, 3.8) is 0 Å². The van der Waals surface area contributed by atoms with Crippen molar-refractivity contribution in [1.29, 1.82) is 0 Å². The number of benzene rings is 1. The molecule has 1 heterocycles. The number of thioether (sulfide) groups is 1. The van der Waals surface area contributed by atoms with Crippen molar-refractivity contribution in [2.75, 3.05) is 11.5 Å². The van der Waals surface area contributed by atoms with Crippen LogP contribution in [0.15, 0.2) is 30.3 Å². The fraction of sp³-hybridized carbons (Fsp3) is 0.588. The molecule has 0 spiro atoms. The molecule has 0 radical (unpaired) electrons. The molecular formula is C17H25NO2S. The minimum absolute atomic E-state index is 0.208. The van der Waals surface area contributed by atoms with Gasteiger partial charge in [-0.05, 0) is 38.7 Å². The highest BCUT2D eigenvalue weighted by Gasteiger charge is 2.28. The van der Waals surface area contributed by atoms with Gasteiger partial charge in [0, 0.05) is 17.8 Å². The van der Waals surface area contributed by atoms with E-state index < -0.39 is 6.10 Å². The molecule has 3 nitrogen and oxygen atoms in total. The third-order valence-corrected chi connectivity index (χ3v) is 5.17. The molecular weight excluding hydrogens is 282 g/mol. The fourth-order valence-corrected chi connectivity index (χ4v) is 3.87. The lowest BCUT2D eigenvalue weighted by molar-refractivity contribution is -0.134. The molecule has 0 aromatic heterocycles. The van der Waals surface area contributed by atoms with Crippen LogP contribution >= 0.6 is 11.8 Å². The Hall–Kier alpha value is -1.00. The van der Waals surface area contributed by atoms with Crippen molar-refractivity contribution in [3.8, 4) is 0 Å². The summed E-state index contributed by atoms with van der Waals surface area (Å²) in [5, 5.41) is 10.1. The van der Waals surface area contributed by atoms with Crippen molar-refractivity contribution in [3.05, 3.63) is 35.9 Å². The second-order valence-electron chi connectivity index (χ2n) is 5.87. The minimum Gasteiger partial charge on any atom is -0.388 e.